The number of nitrogens with zero attached hydrogens (tertiary/aromatic N) is 4. The molecule has 0 saturated carbocycles. The predicted octanol–water partition coefficient (Wildman–Crippen LogP) is 2.08. The Hall–Kier alpha value is -1.59. The van der Waals surface area contributed by atoms with E-state index in [1.165, 1.54) is 12.8 Å². The maximum atomic E-state index is 4.57. The van der Waals surface area contributed by atoms with Gasteiger partial charge in [-0.3, -0.25) is 0 Å². The average Bonchev–Trinajstić information content (AvgIpc) is 2.81. The Labute approximate surface area is 128 Å². The molecule has 6 heteroatoms. The van der Waals surface area contributed by atoms with Crippen LogP contribution >= 0.6 is 0 Å². The number of aromatic nitrogens is 3. The Balaban J connectivity index is 2.46. The first-order valence-electron chi connectivity index (χ1n) is 7.90. The Morgan fingerprint density at radius 3 is 2.67 bits per heavy atom. The quantitative estimate of drug-likeness (QED) is 0.569. The van der Waals surface area contributed by atoms with Crippen LogP contribution in [0.5, 0.6) is 0 Å². The third-order valence-corrected chi connectivity index (χ3v) is 3.33. The summed E-state index contributed by atoms with van der Waals surface area (Å²) in [5.74, 6) is 2.48. The van der Waals surface area contributed by atoms with Gasteiger partial charge in [-0.15, -0.1) is 10.2 Å². The summed E-state index contributed by atoms with van der Waals surface area (Å²) in [5.41, 5.74) is 0. The SMILES string of the molecule is CCNC(=NCc1nncn1C)NC(C)CCCC(C)C. The van der Waals surface area contributed by atoms with Crippen molar-refractivity contribution in [2.45, 2.75) is 59.5 Å². The van der Waals surface area contributed by atoms with E-state index in [1.54, 1.807) is 6.33 Å². The van der Waals surface area contributed by atoms with Gasteiger partial charge in [-0.25, -0.2) is 4.99 Å². The molecule has 1 aromatic heterocycles. The second kappa shape index (κ2) is 9.37. The maximum absolute atomic E-state index is 4.57. The molecule has 0 saturated heterocycles. The van der Waals surface area contributed by atoms with Crippen LogP contribution in [0.4, 0.5) is 0 Å². The number of guanidine groups is 1. The monoisotopic (exact) mass is 294 g/mol. The lowest BCUT2D eigenvalue weighted by atomic mass is 10.0. The van der Waals surface area contributed by atoms with Crippen LogP contribution in [-0.4, -0.2) is 33.3 Å². The van der Waals surface area contributed by atoms with Gasteiger partial charge in [0.1, 0.15) is 12.9 Å². The van der Waals surface area contributed by atoms with Crippen LogP contribution in [0.2, 0.25) is 0 Å². The number of aliphatic imine (C=N–C) groups is 1. The van der Waals surface area contributed by atoms with Crippen LogP contribution < -0.4 is 10.6 Å². The molecule has 1 unspecified atom stereocenters. The molecule has 1 atom stereocenters. The highest BCUT2D eigenvalue weighted by molar-refractivity contribution is 5.79. The van der Waals surface area contributed by atoms with Crippen molar-refractivity contribution in [3.8, 4) is 0 Å². The van der Waals surface area contributed by atoms with E-state index in [1.807, 2.05) is 11.6 Å². The zero-order chi connectivity index (χ0) is 15.7. The molecule has 1 heterocycles. The largest absolute Gasteiger partial charge is 0.357 e. The smallest absolute Gasteiger partial charge is 0.191 e. The van der Waals surface area contributed by atoms with E-state index in [9.17, 15) is 0 Å². The average molecular weight is 294 g/mol. The Bertz CT molecular complexity index is 424. The fraction of sp³-hybridized carbons (Fsp3) is 0.800. The number of rotatable bonds is 8. The molecule has 0 bridgehead atoms. The molecule has 1 rings (SSSR count). The standard InChI is InChI=1S/C15H30N6/c1-6-16-15(17-10-14-20-18-11-21(14)5)19-13(4)9-7-8-12(2)3/h11-13H,6-10H2,1-5H3,(H2,16,17,19). The fourth-order valence-corrected chi connectivity index (χ4v) is 2.06. The van der Waals surface area contributed by atoms with Gasteiger partial charge < -0.3 is 15.2 Å². The first-order valence-corrected chi connectivity index (χ1v) is 7.90. The van der Waals surface area contributed by atoms with Crippen molar-refractivity contribution >= 4 is 5.96 Å². The summed E-state index contributed by atoms with van der Waals surface area (Å²) < 4.78 is 1.89. The third-order valence-electron chi connectivity index (χ3n) is 3.33. The van der Waals surface area contributed by atoms with E-state index in [2.05, 4.69) is 53.5 Å². The predicted molar refractivity (Wildman–Crippen MR) is 87.1 cm³/mol. The van der Waals surface area contributed by atoms with Gasteiger partial charge in [-0.2, -0.15) is 0 Å². The second-order valence-electron chi connectivity index (χ2n) is 5.92. The van der Waals surface area contributed by atoms with Gasteiger partial charge in [-0.1, -0.05) is 26.7 Å². The first-order chi connectivity index (χ1) is 10.0. The molecule has 21 heavy (non-hydrogen) atoms. The van der Waals surface area contributed by atoms with E-state index in [4.69, 9.17) is 0 Å². The molecule has 2 N–H and O–H groups in total. The van der Waals surface area contributed by atoms with Crippen LogP contribution in [0, 0.1) is 5.92 Å². The summed E-state index contributed by atoms with van der Waals surface area (Å²) in [7, 11) is 1.93. The zero-order valence-electron chi connectivity index (χ0n) is 14.1. The summed E-state index contributed by atoms with van der Waals surface area (Å²) in [4.78, 5) is 4.57. The Morgan fingerprint density at radius 1 is 1.33 bits per heavy atom. The van der Waals surface area contributed by atoms with Crippen molar-refractivity contribution in [1.29, 1.82) is 0 Å². The molecule has 0 spiro atoms. The van der Waals surface area contributed by atoms with E-state index in [-0.39, 0.29) is 0 Å². The minimum Gasteiger partial charge on any atom is -0.357 e. The van der Waals surface area contributed by atoms with Gasteiger partial charge in [0.15, 0.2) is 11.8 Å². The highest BCUT2D eigenvalue weighted by Gasteiger charge is 2.06. The summed E-state index contributed by atoms with van der Waals surface area (Å²) in [6.07, 6.45) is 5.37. The van der Waals surface area contributed by atoms with E-state index >= 15 is 0 Å². The maximum Gasteiger partial charge on any atom is 0.191 e. The van der Waals surface area contributed by atoms with Crippen LogP contribution in [0.1, 0.15) is 52.8 Å². The molecule has 120 valence electrons. The Kier molecular flexibility index (Phi) is 7.79. The van der Waals surface area contributed by atoms with E-state index in [0.717, 1.165) is 30.7 Å². The van der Waals surface area contributed by atoms with Crippen molar-refractivity contribution in [1.82, 2.24) is 25.4 Å². The summed E-state index contributed by atoms with van der Waals surface area (Å²) >= 11 is 0. The summed E-state index contributed by atoms with van der Waals surface area (Å²) in [6.45, 7) is 10.2. The number of aryl methyl sites for hydroxylation is 1. The van der Waals surface area contributed by atoms with Gasteiger partial charge in [0, 0.05) is 19.6 Å². The molecular weight excluding hydrogens is 264 g/mol. The fourth-order valence-electron chi connectivity index (χ4n) is 2.06. The third kappa shape index (κ3) is 7.11. The van der Waals surface area contributed by atoms with Gasteiger partial charge >= 0.3 is 0 Å². The van der Waals surface area contributed by atoms with E-state index in [0.29, 0.717) is 12.6 Å². The van der Waals surface area contributed by atoms with Gasteiger partial charge in [-0.05, 0) is 26.2 Å². The topological polar surface area (TPSA) is 67.1 Å². The highest BCUT2D eigenvalue weighted by Crippen LogP contribution is 2.08. The van der Waals surface area contributed by atoms with E-state index < -0.39 is 0 Å². The molecule has 0 aliphatic heterocycles. The summed E-state index contributed by atoms with van der Waals surface area (Å²) in [6, 6.07) is 0.418. The number of hydrogen-bond acceptors (Lipinski definition) is 3. The lowest BCUT2D eigenvalue weighted by Gasteiger charge is -2.18. The Morgan fingerprint density at radius 2 is 2.10 bits per heavy atom. The molecule has 0 aliphatic rings. The van der Waals surface area contributed by atoms with Crippen LogP contribution in [-0.2, 0) is 13.6 Å². The number of hydrogen-bond donors (Lipinski definition) is 2. The zero-order valence-corrected chi connectivity index (χ0v) is 14.1. The second-order valence-corrected chi connectivity index (χ2v) is 5.92. The van der Waals surface area contributed by atoms with Gasteiger partial charge in [0.2, 0.25) is 0 Å². The first kappa shape index (κ1) is 17.5. The molecule has 0 fully saturated rings. The molecule has 0 amide bonds. The van der Waals surface area contributed by atoms with Crippen molar-refractivity contribution in [3.63, 3.8) is 0 Å². The lowest BCUT2D eigenvalue weighted by molar-refractivity contribution is 0.491. The minimum absolute atomic E-state index is 0.418. The van der Waals surface area contributed by atoms with Crippen LogP contribution in [0.25, 0.3) is 0 Å². The lowest BCUT2D eigenvalue weighted by Crippen LogP contribution is -2.42. The minimum atomic E-state index is 0.418. The molecule has 0 aliphatic carbocycles. The molecule has 1 aromatic rings. The normalized spacial score (nSPS) is 13.5. The van der Waals surface area contributed by atoms with Crippen molar-refractivity contribution < 1.29 is 0 Å². The number of nitrogens with one attached hydrogen (secondary N) is 2. The van der Waals surface area contributed by atoms with Crippen LogP contribution in [0.15, 0.2) is 11.3 Å². The highest BCUT2D eigenvalue weighted by atomic mass is 15.3. The van der Waals surface area contributed by atoms with Crippen molar-refractivity contribution in [3.05, 3.63) is 12.2 Å². The molecule has 0 aromatic carbocycles. The van der Waals surface area contributed by atoms with Crippen molar-refractivity contribution in [2.24, 2.45) is 18.0 Å². The molecular formula is C15H30N6. The molecule has 6 nitrogen and oxygen atoms in total. The van der Waals surface area contributed by atoms with Crippen molar-refractivity contribution in [2.75, 3.05) is 6.54 Å². The summed E-state index contributed by atoms with van der Waals surface area (Å²) in [5, 5.41) is 14.6. The molecule has 0 radical (unpaired) electrons. The van der Waals surface area contributed by atoms with Gasteiger partial charge in [0.25, 0.3) is 0 Å². The van der Waals surface area contributed by atoms with Crippen LogP contribution in [0.3, 0.4) is 0 Å². The van der Waals surface area contributed by atoms with Gasteiger partial charge in [0.05, 0.1) is 0 Å².